The first kappa shape index (κ1) is 13.5. The molecule has 0 saturated carbocycles. The van der Waals surface area contributed by atoms with Gasteiger partial charge in [0.15, 0.2) is 5.78 Å². The van der Waals surface area contributed by atoms with Gasteiger partial charge < -0.3 is 5.73 Å². The highest BCUT2D eigenvalue weighted by atomic mass is 16.1. The van der Waals surface area contributed by atoms with Crippen molar-refractivity contribution >= 4 is 5.78 Å². The van der Waals surface area contributed by atoms with E-state index in [1.165, 1.54) is 0 Å². The lowest BCUT2D eigenvalue weighted by Crippen LogP contribution is -2.18. The fourth-order valence-electron chi connectivity index (χ4n) is 2.08. The Morgan fingerprint density at radius 2 is 2.05 bits per heavy atom. The molecule has 2 rings (SSSR count). The predicted octanol–water partition coefficient (Wildman–Crippen LogP) is 2.57. The van der Waals surface area contributed by atoms with Crippen molar-refractivity contribution in [3.63, 3.8) is 0 Å². The van der Waals surface area contributed by atoms with E-state index in [4.69, 9.17) is 5.73 Å². The fourth-order valence-corrected chi connectivity index (χ4v) is 2.08. The largest absolute Gasteiger partial charge is 0.324 e. The number of aryl methyl sites for hydroxylation is 1. The fraction of sp³-hybridized carbons (Fsp3) is 0.333. The number of hydrogen-bond acceptors (Lipinski definition) is 3. The van der Waals surface area contributed by atoms with Gasteiger partial charge in [0.25, 0.3) is 0 Å². The normalized spacial score (nSPS) is 12.3. The Hall–Kier alpha value is -1.94. The van der Waals surface area contributed by atoms with Gasteiger partial charge in [-0.1, -0.05) is 37.3 Å². The van der Waals surface area contributed by atoms with Crippen LogP contribution in [0.5, 0.6) is 0 Å². The molecule has 4 nitrogen and oxygen atoms in total. The molecule has 0 bridgehead atoms. The molecule has 1 aromatic heterocycles. The Bertz CT molecular complexity index is 533. The van der Waals surface area contributed by atoms with Gasteiger partial charge in [0, 0.05) is 25.2 Å². The van der Waals surface area contributed by atoms with Crippen molar-refractivity contribution in [2.24, 2.45) is 5.73 Å². The van der Waals surface area contributed by atoms with Crippen molar-refractivity contribution in [3.8, 4) is 0 Å². The van der Waals surface area contributed by atoms with Gasteiger partial charge in [-0.3, -0.25) is 9.48 Å². The average Bonchev–Trinajstić information content (AvgIpc) is 2.88. The molecule has 0 aliphatic rings. The second-order valence-corrected chi connectivity index (χ2v) is 4.58. The smallest absolute Gasteiger partial charge is 0.182 e. The van der Waals surface area contributed by atoms with Gasteiger partial charge >= 0.3 is 0 Å². The Balaban J connectivity index is 2.06. The van der Waals surface area contributed by atoms with E-state index < -0.39 is 0 Å². The molecular weight excluding hydrogens is 238 g/mol. The third-order valence-electron chi connectivity index (χ3n) is 3.07. The first-order chi connectivity index (χ1) is 9.22. The second-order valence-electron chi connectivity index (χ2n) is 4.58. The van der Waals surface area contributed by atoms with Crippen LogP contribution in [0.4, 0.5) is 0 Å². The van der Waals surface area contributed by atoms with Gasteiger partial charge in [0.1, 0.15) is 5.69 Å². The van der Waals surface area contributed by atoms with Gasteiger partial charge in [0.2, 0.25) is 0 Å². The quantitative estimate of drug-likeness (QED) is 0.809. The van der Waals surface area contributed by atoms with Crippen LogP contribution in [0.15, 0.2) is 42.6 Å². The van der Waals surface area contributed by atoms with Gasteiger partial charge in [-0.25, -0.2) is 0 Å². The van der Waals surface area contributed by atoms with Crippen molar-refractivity contribution in [1.82, 2.24) is 9.78 Å². The molecular formula is C15H19N3O. The molecule has 1 heterocycles. The van der Waals surface area contributed by atoms with Crippen LogP contribution in [-0.4, -0.2) is 15.6 Å². The molecule has 100 valence electrons. The maximum absolute atomic E-state index is 12.2. The molecule has 2 N–H and O–H groups in total. The average molecular weight is 257 g/mol. The molecule has 4 heteroatoms. The first-order valence-corrected chi connectivity index (χ1v) is 6.58. The zero-order chi connectivity index (χ0) is 13.7. The van der Waals surface area contributed by atoms with Crippen LogP contribution in [-0.2, 0) is 6.54 Å². The SMILES string of the molecule is CCCn1nccc1C(=O)CC(N)c1ccccc1. The Morgan fingerprint density at radius 3 is 2.74 bits per heavy atom. The van der Waals surface area contributed by atoms with E-state index in [9.17, 15) is 4.79 Å². The molecule has 1 atom stereocenters. The minimum absolute atomic E-state index is 0.0438. The lowest BCUT2D eigenvalue weighted by molar-refractivity contribution is 0.0963. The van der Waals surface area contributed by atoms with Gasteiger partial charge in [-0.2, -0.15) is 5.10 Å². The maximum Gasteiger partial charge on any atom is 0.182 e. The molecule has 1 unspecified atom stereocenters. The van der Waals surface area contributed by atoms with Crippen LogP contribution in [0.1, 0.15) is 41.9 Å². The summed E-state index contributed by atoms with van der Waals surface area (Å²) in [6.07, 6.45) is 2.92. The molecule has 1 aromatic carbocycles. The summed E-state index contributed by atoms with van der Waals surface area (Å²) in [7, 11) is 0. The highest BCUT2D eigenvalue weighted by molar-refractivity contribution is 5.94. The summed E-state index contributed by atoms with van der Waals surface area (Å²) >= 11 is 0. The number of carbonyl (C=O) groups is 1. The third-order valence-corrected chi connectivity index (χ3v) is 3.07. The molecule has 19 heavy (non-hydrogen) atoms. The van der Waals surface area contributed by atoms with Crippen LogP contribution in [0.2, 0.25) is 0 Å². The highest BCUT2D eigenvalue weighted by Crippen LogP contribution is 2.16. The summed E-state index contributed by atoms with van der Waals surface area (Å²) in [6, 6.07) is 11.2. The van der Waals surface area contributed by atoms with E-state index in [2.05, 4.69) is 12.0 Å². The summed E-state index contributed by atoms with van der Waals surface area (Å²) in [5, 5.41) is 4.16. The molecule has 0 saturated heterocycles. The van der Waals surface area contributed by atoms with Crippen molar-refractivity contribution in [3.05, 3.63) is 53.9 Å². The van der Waals surface area contributed by atoms with Crippen molar-refractivity contribution in [2.75, 3.05) is 0 Å². The van der Waals surface area contributed by atoms with E-state index in [0.717, 1.165) is 18.5 Å². The maximum atomic E-state index is 12.2. The molecule has 0 amide bonds. The number of aromatic nitrogens is 2. The van der Waals surface area contributed by atoms with Crippen molar-refractivity contribution < 1.29 is 4.79 Å². The number of hydrogen-bond donors (Lipinski definition) is 1. The van der Waals surface area contributed by atoms with Crippen molar-refractivity contribution in [2.45, 2.75) is 32.4 Å². The number of nitrogens with two attached hydrogens (primary N) is 1. The van der Waals surface area contributed by atoms with Crippen LogP contribution in [0, 0.1) is 0 Å². The van der Waals surface area contributed by atoms with E-state index >= 15 is 0 Å². The minimum atomic E-state index is -0.265. The molecule has 0 radical (unpaired) electrons. The lowest BCUT2D eigenvalue weighted by Gasteiger charge is -2.11. The zero-order valence-electron chi connectivity index (χ0n) is 11.1. The number of rotatable bonds is 6. The number of Topliss-reactive ketones (excluding diaryl/α,β-unsaturated/α-hetero) is 1. The van der Waals surface area contributed by atoms with Crippen molar-refractivity contribution in [1.29, 1.82) is 0 Å². The Labute approximate surface area is 113 Å². The summed E-state index contributed by atoms with van der Waals surface area (Å²) in [4.78, 5) is 12.2. The van der Waals surface area contributed by atoms with Gasteiger partial charge in [-0.15, -0.1) is 0 Å². The third kappa shape index (κ3) is 3.29. The number of nitrogens with zero attached hydrogens (tertiary/aromatic N) is 2. The van der Waals surface area contributed by atoms with E-state index in [1.54, 1.807) is 16.9 Å². The monoisotopic (exact) mass is 257 g/mol. The summed E-state index contributed by atoms with van der Waals surface area (Å²) < 4.78 is 1.75. The highest BCUT2D eigenvalue weighted by Gasteiger charge is 2.16. The van der Waals surface area contributed by atoms with E-state index in [-0.39, 0.29) is 11.8 Å². The zero-order valence-corrected chi connectivity index (χ0v) is 11.1. The Morgan fingerprint density at radius 1 is 1.32 bits per heavy atom. The second kappa shape index (κ2) is 6.29. The number of carbonyl (C=O) groups excluding carboxylic acids is 1. The number of ketones is 1. The lowest BCUT2D eigenvalue weighted by atomic mass is 10.0. The van der Waals surface area contributed by atoms with E-state index in [0.29, 0.717) is 12.1 Å². The van der Waals surface area contributed by atoms with Gasteiger partial charge in [0.05, 0.1) is 0 Å². The standard InChI is InChI=1S/C15H19N3O/c1-2-10-18-14(8-9-17-18)15(19)11-13(16)12-6-4-3-5-7-12/h3-9,13H,2,10-11,16H2,1H3. The molecule has 2 aromatic rings. The molecule has 0 spiro atoms. The summed E-state index contributed by atoms with van der Waals surface area (Å²) in [5.74, 6) is 0.0438. The minimum Gasteiger partial charge on any atom is -0.324 e. The Kier molecular flexibility index (Phi) is 4.47. The molecule has 0 aliphatic heterocycles. The van der Waals surface area contributed by atoms with E-state index in [1.807, 2.05) is 30.3 Å². The molecule has 0 aliphatic carbocycles. The van der Waals surface area contributed by atoms with Gasteiger partial charge in [-0.05, 0) is 18.1 Å². The van der Waals surface area contributed by atoms with Crippen LogP contribution < -0.4 is 5.73 Å². The van der Waals surface area contributed by atoms with Crippen LogP contribution in [0.3, 0.4) is 0 Å². The van der Waals surface area contributed by atoms with Crippen LogP contribution in [0.25, 0.3) is 0 Å². The predicted molar refractivity (Wildman–Crippen MR) is 74.8 cm³/mol. The molecule has 0 fully saturated rings. The summed E-state index contributed by atoms with van der Waals surface area (Å²) in [5.41, 5.74) is 7.71. The number of benzene rings is 1. The first-order valence-electron chi connectivity index (χ1n) is 6.58. The van der Waals surface area contributed by atoms with Crippen LogP contribution >= 0.6 is 0 Å². The topological polar surface area (TPSA) is 60.9 Å². The summed E-state index contributed by atoms with van der Waals surface area (Å²) in [6.45, 7) is 2.82.